The van der Waals surface area contributed by atoms with Crippen LogP contribution in [0, 0.1) is 113 Å². The van der Waals surface area contributed by atoms with Crippen molar-refractivity contribution in [1.29, 1.82) is 0 Å². The molecule has 18 atom stereocenters. The van der Waals surface area contributed by atoms with Crippen LogP contribution in [0.3, 0.4) is 0 Å². The molecule has 12 rings (SSSR count). The number of rotatable bonds is 22. The van der Waals surface area contributed by atoms with E-state index in [1.807, 2.05) is 78.1 Å². The molecule has 0 saturated heterocycles. The summed E-state index contributed by atoms with van der Waals surface area (Å²) in [6.45, 7) is 65.5. The van der Waals surface area contributed by atoms with Crippen molar-refractivity contribution < 1.29 is 181 Å². The van der Waals surface area contributed by atoms with Gasteiger partial charge >= 0.3 is 103 Å². The molecule has 9 N–H and O–H groups in total. The molecule has 11 aliphatic rings. The van der Waals surface area contributed by atoms with Crippen LogP contribution in [-0.2, 0) is 43.7 Å². The van der Waals surface area contributed by atoms with E-state index in [0.717, 1.165) is 137 Å². The Hall–Kier alpha value is -1.99. The topological polar surface area (TPSA) is 293 Å². The number of thiol groups is 1. The predicted molar refractivity (Wildman–Crippen MR) is 515 cm³/mol. The van der Waals surface area contributed by atoms with E-state index in [9.17, 15) is 33.1 Å². The quantitative estimate of drug-likeness (QED) is 0.0142. The minimum Gasteiger partial charge on any atom is -1.00 e. The smallest absolute Gasteiger partial charge is 1.00 e. The van der Waals surface area contributed by atoms with Gasteiger partial charge in [0.2, 0.25) is 23.5 Å². The van der Waals surface area contributed by atoms with E-state index in [0.29, 0.717) is 57.9 Å². The van der Waals surface area contributed by atoms with Gasteiger partial charge < -0.3 is 63.0 Å². The number of hydrogen-bond acceptors (Lipinski definition) is 17. The Morgan fingerprint density at radius 3 is 1.74 bits per heavy atom. The second-order valence-corrected chi connectivity index (χ2v) is 48.9. The fraction of sp³-hybridized carbons (Fsp3) is 0.760. The number of nitrogens with two attached hydrogens (primary N) is 3. The van der Waals surface area contributed by atoms with Crippen LogP contribution in [0.25, 0.3) is 0 Å². The van der Waals surface area contributed by atoms with Crippen LogP contribution in [0.5, 0.6) is 11.5 Å². The number of carbonyl (C=O) groups excluding carboxylic acids is 5. The molecular weight excluding hydrogens is 1730 g/mol. The first kappa shape index (κ1) is 118. The normalized spacial score (nSPS) is 34.1. The number of ether oxygens (including phenoxy) is 4. The molecule has 10 aliphatic carbocycles. The summed E-state index contributed by atoms with van der Waals surface area (Å²) >= 11 is 7.98. The van der Waals surface area contributed by atoms with E-state index in [1.54, 1.807) is 6.08 Å². The van der Waals surface area contributed by atoms with Crippen LogP contribution in [0.1, 0.15) is 326 Å². The van der Waals surface area contributed by atoms with E-state index in [1.165, 1.54) is 53.5 Å². The number of thioether (sulfide) groups is 2. The van der Waals surface area contributed by atoms with Gasteiger partial charge in [0.1, 0.15) is 39.8 Å². The van der Waals surface area contributed by atoms with Crippen LogP contribution >= 0.6 is 36.2 Å². The molecule has 0 aromatic heterocycles. The Labute approximate surface area is 872 Å². The number of aliphatic hydroxyl groups excluding tert-OH is 3. The SMILES string of the molecule is CC(C)S.CC1=C(OCCF)C(O)=CC2C1C(SC(C)C)C=C1[C@@]2(C)CC[C@@]2(C)[C@H](CC(C)(C)C(N)=O)C(C)(C)CC[C@]12C.CCSC(C)c1c([C@]2(C)CC[C@@]3(C)[C@@H]4C[C@](C)(C(N)=O)CC[C@]4(C)CC[C@]3(C)C2)cc2c(c1C)OCCO2.CC[C@@]1(C)[C@H](CC(C)(C)C(N)=O)C(C)(C)CC[C@]1(C)C1=CC=C2C(=CC(=O)C(OCCF)=C2C)[C@H]1C.CO.CO.O=CO[O-].[H-].[K+].[K+]. The third-order valence-electron chi connectivity index (χ3n) is 34.6. The zero-order chi connectivity index (χ0) is 96.0. The largest absolute Gasteiger partial charge is 1.00 e. The van der Waals surface area contributed by atoms with Gasteiger partial charge in [-0.2, -0.15) is 36.2 Å². The number of carbonyl (C=O) groups is 5. The minimum atomic E-state index is -0.627. The van der Waals surface area contributed by atoms with Crippen molar-refractivity contribution in [2.75, 3.05) is 59.7 Å². The zero-order valence-corrected chi connectivity index (χ0v) is 94.1. The summed E-state index contributed by atoms with van der Waals surface area (Å²) < 4.78 is 49.3. The van der Waals surface area contributed by atoms with Gasteiger partial charge in [-0.05, 0) is 288 Å². The summed E-state index contributed by atoms with van der Waals surface area (Å²) in [6.07, 6.45) is 28.7. The monoisotopic (exact) mass is 1900 g/mol. The van der Waals surface area contributed by atoms with E-state index >= 15 is 0 Å². The van der Waals surface area contributed by atoms with Gasteiger partial charge in [0.25, 0.3) is 6.47 Å². The fourth-order valence-electron chi connectivity index (χ4n) is 26.2. The van der Waals surface area contributed by atoms with Gasteiger partial charge in [-0.25, -0.2) is 8.78 Å². The molecule has 128 heavy (non-hydrogen) atoms. The van der Waals surface area contributed by atoms with Crippen LogP contribution in [0.2, 0.25) is 0 Å². The summed E-state index contributed by atoms with van der Waals surface area (Å²) in [5, 5.41) is 35.2. The molecule has 0 bridgehead atoms. The molecular formula is C104H169F2K2N3O14S3. The number of fused-ring (bicyclic) bond motifs is 10. The standard InChI is InChI=1S/C34H54FNO3S.C33H51NO3S.C31H46FNO3.C3H8S.CH2O3.2CH4O.2K.H/c1-20(2)40-24-18-25-32(8,22-17-23(37)28(39-16-15-35)21(3)27(22)24)12-14-34(10)26(19-31(6,7)29(36)38)30(4,5)11-13-33(25,34)9;1-9-38-22(3)26-21(2)27-24(36-16-17-37-27)18-23(26)31(6)13-15-33(8)25-19-30(5,28(34)35)11-10-29(25,4)12-14-32(33,7)20-31;1-10-30(8)25(18-29(6,7)27(33)35)28(4,5)13-14-31(30,9)23-12-11-21-20(3)26(36-16-15-32)24(34)17-22(21)19(23)2;1-3(2)4;2-1-4-3;2*1-2;;;/h17-18,20,22,24,26-27,37H,11-16,19H2,1-10H3,(H2,36,38);18,22,25H,9-17,19-20H2,1-8H3,(H2,34,35);11-12,17,19,25H,10,13-16,18H2,1-9H3,(H2,33,35);3-4H,1-2H3;1,3H;2*2H,1H3;;;/q;;;;;;;2*+1;-1/p-1/t22?,24?,26-,27?,32+,33-,34+;22?,25-,29-,30-,31-,32-,33+;19-,25-,30+,31-;;;;;;;/m111......./s1. The van der Waals surface area contributed by atoms with Crippen LogP contribution in [-0.4, -0.2) is 121 Å². The molecule has 0 radical (unpaired) electrons. The number of primary amides is 3. The predicted octanol–water partition coefficient (Wildman–Crippen LogP) is 16.8. The number of benzene rings is 1. The van der Waals surface area contributed by atoms with E-state index < -0.39 is 24.2 Å². The first-order chi connectivity index (χ1) is 58.3. The van der Waals surface area contributed by atoms with Crippen molar-refractivity contribution in [2.24, 2.45) is 123 Å². The molecule has 1 aromatic rings. The Morgan fingerprint density at radius 1 is 0.711 bits per heavy atom. The molecule has 3 amide bonds. The molecule has 24 heteroatoms. The molecule has 6 fully saturated rings. The van der Waals surface area contributed by atoms with E-state index in [-0.39, 0.29) is 241 Å². The average molecular weight is 1900 g/mol. The Kier molecular flexibility index (Phi) is 42.7. The summed E-state index contributed by atoms with van der Waals surface area (Å²) in [6, 6.07) is 2.35. The van der Waals surface area contributed by atoms with E-state index in [2.05, 4.69) is 194 Å². The van der Waals surface area contributed by atoms with Crippen LogP contribution in [0.15, 0.2) is 87.2 Å². The number of halogens is 2. The van der Waals surface area contributed by atoms with Crippen LogP contribution in [0.4, 0.5) is 8.78 Å². The van der Waals surface area contributed by atoms with Crippen molar-refractivity contribution in [3.8, 4) is 11.5 Å². The molecule has 0 spiro atoms. The summed E-state index contributed by atoms with van der Waals surface area (Å²) in [5.74, 6) is 4.66. The first-order valence-electron chi connectivity index (χ1n) is 46.8. The van der Waals surface area contributed by atoms with Gasteiger partial charge in [-0.15, -0.1) is 0 Å². The minimum absolute atomic E-state index is 0. The maximum absolute atomic E-state index is 13.0. The number of allylic oxidation sites excluding steroid dienone is 10. The number of aliphatic hydroxyl groups is 3. The molecule has 1 aliphatic heterocycles. The fourth-order valence-corrected chi connectivity index (χ4v) is 28.6. The van der Waals surface area contributed by atoms with Gasteiger partial charge in [0, 0.05) is 58.4 Å². The molecule has 17 nitrogen and oxygen atoms in total. The van der Waals surface area contributed by atoms with Gasteiger partial charge in [0.15, 0.2) is 28.8 Å². The van der Waals surface area contributed by atoms with E-state index in [4.69, 9.17) is 56.4 Å². The number of ketones is 1. The third-order valence-corrected chi connectivity index (χ3v) is 36.9. The van der Waals surface area contributed by atoms with Gasteiger partial charge in [-0.1, -0.05) is 202 Å². The summed E-state index contributed by atoms with van der Waals surface area (Å²) in [7, 11) is 2.00. The van der Waals surface area contributed by atoms with Crippen LogP contribution < -0.4 is 135 Å². The molecule has 1 heterocycles. The Morgan fingerprint density at radius 2 is 1.23 bits per heavy atom. The maximum atomic E-state index is 13.0. The summed E-state index contributed by atoms with van der Waals surface area (Å²) in [5.41, 5.74) is 27.8. The second-order valence-electron chi connectivity index (χ2n) is 44.4. The Bertz CT molecular complexity index is 4290. The van der Waals surface area contributed by atoms with Crippen molar-refractivity contribution in [3.05, 3.63) is 104 Å². The average Bonchev–Trinajstić information content (AvgIpc) is 0.674. The zero-order valence-electron chi connectivity index (χ0n) is 86.4. The van der Waals surface area contributed by atoms with Crippen molar-refractivity contribution in [3.63, 3.8) is 0 Å². The number of alkyl halides is 2. The van der Waals surface area contributed by atoms with Gasteiger partial charge in [0.05, 0.1) is 0 Å². The molecule has 718 valence electrons. The van der Waals surface area contributed by atoms with Gasteiger partial charge in [-0.3, -0.25) is 24.0 Å². The maximum Gasteiger partial charge on any atom is 1.00 e. The number of hydrogen-bond donors (Lipinski definition) is 7. The third kappa shape index (κ3) is 23.4. The second kappa shape index (κ2) is 46.2. The van der Waals surface area contributed by atoms with Crippen molar-refractivity contribution in [2.45, 2.75) is 336 Å². The van der Waals surface area contributed by atoms with Crippen molar-refractivity contribution >= 4 is 66.1 Å². The first-order valence-corrected chi connectivity index (χ1v) is 49.3. The molecule has 1 aromatic carbocycles. The molecule has 6 saturated carbocycles. The number of amides is 3. The molecule has 4 unspecified atom stereocenters. The Balaban J connectivity index is 0.000000464. The summed E-state index contributed by atoms with van der Waals surface area (Å²) in [4.78, 5) is 61.7. The van der Waals surface area contributed by atoms with Crippen molar-refractivity contribution in [1.82, 2.24) is 0 Å².